The molecule has 0 fully saturated rings. The molecule has 0 aliphatic rings. The molecule has 4 N–H and O–H groups in total. The van der Waals surface area contributed by atoms with Gasteiger partial charge in [0.2, 0.25) is 5.96 Å². The van der Waals surface area contributed by atoms with Crippen molar-refractivity contribution in [3.63, 3.8) is 0 Å². The molecule has 0 saturated heterocycles. The maximum atomic E-state index is 13.1. The van der Waals surface area contributed by atoms with Gasteiger partial charge in [0.1, 0.15) is 5.82 Å². The van der Waals surface area contributed by atoms with Crippen molar-refractivity contribution in [3.8, 4) is 0 Å². The van der Waals surface area contributed by atoms with Crippen molar-refractivity contribution >= 4 is 40.5 Å². The van der Waals surface area contributed by atoms with Crippen LogP contribution in [0.5, 0.6) is 0 Å². The monoisotopic (exact) mass is 294 g/mol. The minimum absolute atomic E-state index is 0. The van der Waals surface area contributed by atoms with Crippen molar-refractivity contribution in [1.29, 1.82) is 5.41 Å². The summed E-state index contributed by atoms with van der Waals surface area (Å²) in [5.74, 6) is -0.682. The lowest BCUT2D eigenvalue weighted by molar-refractivity contribution is 0.625. The summed E-state index contributed by atoms with van der Waals surface area (Å²) in [6.07, 6.45) is 1.25. The zero-order valence-electron chi connectivity index (χ0n) is 7.50. The molecule has 82 valence electrons. The number of hydrogen-bond donors (Lipinski definition) is 3. The number of guanidine groups is 1. The van der Waals surface area contributed by atoms with E-state index in [4.69, 9.17) is 11.1 Å². The summed E-state index contributed by atoms with van der Waals surface area (Å²) in [6, 6.07) is 4.48. The van der Waals surface area contributed by atoms with Gasteiger partial charge in [0.15, 0.2) is 0 Å². The van der Waals surface area contributed by atoms with Gasteiger partial charge < -0.3 is 5.73 Å². The van der Waals surface area contributed by atoms with Gasteiger partial charge in [0, 0.05) is 10.0 Å². The molecule has 0 heterocycles. The molecule has 7 heteroatoms. The van der Waals surface area contributed by atoms with Gasteiger partial charge in [-0.1, -0.05) is 15.9 Å². The van der Waals surface area contributed by atoms with Crippen molar-refractivity contribution < 1.29 is 4.39 Å². The Bertz CT molecular complexity index is 383. The highest BCUT2D eigenvalue weighted by atomic mass is 79.9. The summed E-state index contributed by atoms with van der Waals surface area (Å²) in [4.78, 5) is 0. The molecular formula is C8H9BrClFN4. The molecule has 0 atom stereocenters. The van der Waals surface area contributed by atoms with Crippen LogP contribution in [-0.4, -0.2) is 12.2 Å². The Morgan fingerprint density at radius 2 is 2.27 bits per heavy atom. The lowest BCUT2D eigenvalue weighted by atomic mass is 10.2. The minimum Gasteiger partial charge on any atom is -0.369 e. The van der Waals surface area contributed by atoms with Gasteiger partial charge in [0.25, 0.3) is 0 Å². The number of nitrogens with zero attached hydrogens (tertiary/aromatic N) is 1. The lowest BCUT2D eigenvalue weighted by Crippen LogP contribution is -2.25. The highest BCUT2D eigenvalue weighted by Crippen LogP contribution is 2.13. The van der Waals surface area contributed by atoms with E-state index in [1.807, 2.05) is 0 Å². The lowest BCUT2D eigenvalue weighted by Gasteiger charge is -1.97. The summed E-state index contributed by atoms with van der Waals surface area (Å²) in [7, 11) is 0. The van der Waals surface area contributed by atoms with E-state index in [-0.39, 0.29) is 24.2 Å². The van der Waals surface area contributed by atoms with Gasteiger partial charge >= 0.3 is 0 Å². The van der Waals surface area contributed by atoms with Crippen LogP contribution in [0.2, 0.25) is 0 Å². The van der Waals surface area contributed by atoms with Crippen LogP contribution in [-0.2, 0) is 0 Å². The molecule has 0 radical (unpaired) electrons. The van der Waals surface area contributed by atoms with Crippen LogP contribution in [0.3, 0.4) is 0 Å². The maximum Gasteiger partial charge on any atom is 0.206 e. The van der Waals surface area contributed by atoms with E-state index in [0.29, 0.717) is 5.56 Å². The molecule has 0 aliphatic heterocycles. The molecule has 0 saturated carbocycles. The molecule has 0 amide bonds. The van der Waals surface area contributed by atoms with Crippen molar-refractivity contribution in [2.45, 2.75) is 0 Å². The SMILES string of the molecule is Cl.N=C(N)N/N=C/c1cc(Br)ccc1F. The largest absolute Gasteiger partial charge is 0.369 e. The van der Waals surface area contributed by atoms with E-state index in [1.165, 1.54) is 12.3 Å². The Kier molecular flexibility index (Phi) is 5.88. The van der Waals surface area contributed by atoms with Crippen molar-refractivity contribution in [3.05, 3.63) is 34.1 Å². The highest BCUT2D eigenvalue weighted by molar-refractivity contribution is 9.10. The predicted molar refractivity (Wildman–Crippen MR) is 64.0 cm³/mol. The quantitative estimate of drug-likeness (QED) is 0.442. The molecule has 1 rings (SSSR count). The van der Waals surface area contributed by atoms with Gasteiger partial charge in [-0.15, -0.1) is 12.4 Å². The predicted octanol–water partition coefficient (Wildman–Crippen LogP) is 1.83. The fourth-order valence-electron chi connectivity index (χ4n) is 0.785. The van der Waals surface area contributed by atoms with Crippen LogP contribution in [0.4, 0.5) is 4.39 Å². The summed E-state index contributed by atoms with van der Waals surface area (Å²) in [5.41, 5.74) is 7.48. The number of benzene rings is 1. The second-order valence-electron chi connectivity index (χ2n) is 2.45. The third kappa shape index (κ3) is 4.75. The van der Waals surface area contributed by atoms with Gasteiger partial charge in [-0.2, -0.15) is 5.10 Å². The smallest absolute Gasteiger partial charge is 0.206 e. The van der Waals surface area contributed by atoms with E-state index in [1.54, 1.807) is 12.1 Å². The molecule has 15 heavy (non-hydrogen) atoms. The van der Waals surface area contributed by atoms with Crippen molar-refractivity contribution in [2.75, 3.05) is 0 Å². The zero-order valence-corrected chi connectivity index (χ0v) is 9.90. The summed E-state index contributed by atoms with van der Waals surface area (Å²) in [6.45, 7) is 0. The van der Waals surface area contributed by atoms with E-state index in [2.05, 4.69) is 26.5 Å². The molecular weight excluding hydrogens is 286 g/mol. The van der Waals surface area contributed by atoms with Gasteiger partial charge in [-0.25, -0.2) is 9.82 Å². The molecule has 0 aliphatic carbocycles. The molecule has 0 aromatic heterocycles. The van der Waals surface area contributed by atoms with Crippen molar-refractivity contribution in [2.24, 2.45) is 10.8 Å². The third-order valence-corrected chi connectivity index (χ3v) is 1.84. The van der Waals surface area contributed by atoms with E-state index in [0.717, 1.165) is 4.47 Å². The van der Waals surface area contributed by atoms with E-state index < -0.39 is 0 Å². The summed E-state index contributed by atoms with van der Waals surface area (Å²) < 4.78 is 13.8. The number of nitrogens with one attached hydrogen (secondary N) is 2. The van der Waals surface area contributed by atoms with E-state index in [9.17, 15) is 4.39 Å². The fraction of sp³-hybridized carbons (Fsp3) is 0. The maximum absolute atomic E-state index is 13.1. The zero-order chi connectivity index (χ0) is 10.6. The van der Waals surface area contributed by atoms with Crippen LogP contribution in [0.25, 0.3) is 0 Å². The molecule has 0 unspecified atom stereocenters. The van der Waals surface area contributed by atoms with Crippen LogP contribution in [0, 0.1) is 11.2 Å². The number of halogens is 3. The Morgan fingerprint density at radius 1 is 1.60 bits per heavy atom. The molecule has 0 spiro atoms. The average Bonchev–Trinajstić information content (AvgIpc) is 2.10. The summed E-state index contributed by atoms with van der Waals surface area (Å²) in [5, 5.41) is 10.4. The van der Waals surface area contributed by atoms with Crippen LogP contribution in [0.15, 0.2) is 27.8 Å². The second kappa shape index (κ2) is 6.36. The molecule has 1 aromatic carbocycles. The van der Waals surface area contributed by atoms with Crippen LogP contribution < -0.4 is 11.2 Å². The Morgan fingerprint density at radius 3 is 2.87 bits per heavy atom. The highest BCUT2D eigenvalue weighted by Gasteiger charge is 1.98. The molecule has 4 nitrogen and oxygen atoms in total. The van der Waals surface area contributed by atoms with E-state index >= 15 is 0 Å². The molecule has 1 aromatic rings. The van der Waals surface area contributed by atoms with Crippen LogP contribution in [0.1, 0.15) is 5.56 Å². The number of hydrogen-bond acceptors (Lipinski definition) is 2. The fourth-order valence-corrected chi connectivity index (χ4v) is 1.16. The number of nitrogens with two attached hydrogens (primary N) is 1. The Balaban J connectivity index is 0.00000196. The molecule has 0 bridgehead atoms. The first-order valence-electron chi connectivity index (χ1n) is 3.68. The van der Waals surface area contributed by atoms with Crippen molar-refractivity contribution in [1.82, 2.24) is 5.43 Å². The Labute approximate surface area is 101 Å². The number of hydrazone groups is 1. The third-order valence-electron chi connectivity index (χ3n) is 1.35. The minimum atomic E-state index is -0.387. The van der Waals surface area contributed by atoms with Gasteiger partial charge in [-0.3, -0.25) is 5.41 Å². The topological polar surface area (TPSA) is 74.3 Å². The first-order chi connectivity index (χ1) is 6.59. The van der Waals surface area contributed by atoms with Gasteiger partial charge in [0.05, 0.1) is 6.21 Å². The standard InChI is InChI=1S/C8H8BrFN4.ClH/c9-6-1-2-7(10)5(3-6)4-13-14-8(11)12;/h1-4H,(H4,11,12,14);1H/b13-4+;. The normalized spacial score (nSPS) is 9.73. The second-order valence-corrected chi connectivity index (χ2v) is 3.37. The van der Waals surface area contributed by atoms with Gasteiger partial charge in [-0.05, 0) is 18.2 Å². The first kappa shape index (κ1) is 13.9. The van der Waals surface area contributed by atoms with Crippen LogP contribution >= 0.6 is 28.3 Å². The average molecular weight is 296 g/mol. The number of rotatable bonds is 2. The summed E-state index contributed by atoms with van der Waals surface area (Å²) >= 11 is 3.20. The first-order valence-corrected chi connectivity index (χ1v) is 4.47. The Hall–Kier alpha value is -1.14.